The molecule has 0 saturated carbocycles. The molecule has 0 spiro atoms. The monoisotopic (exact) mass is 768 g/mol. The van der Waals surface area contributed by atoms with Crippen LogP contribution < -0.4 is 4.90 Å². The van der Waals surface area contributed by atoms with Crippen LogP contribution in [0, 0.1) is 5.92 Å². The summed E-state index contributed by atoms with van der Waals surface area (Å²) in [6.07, 6.45) is 7.33. The van der Waals surface area contributed by atoms with Gasteiger partial charge in [0.25, 0.3) is 0 Å². The molecule has 60 heavy (non-hydrogen) atoms. The summed E-state index contributed by atoms with van der Waals surface area (Å²) in [7, 11) is 0. The van der Waals surface area contributed by atoms with Crippen molar-refractivity contribution in [3.05, 3.63) is 211 Å². The van der Waals surface area contributed by atoms with Gasteiger partial charge in [-0.05, 0) is 99.3 Å². The van der Waals surface area contributed by atoms with Crippen molar-refractivity contribution in [2.75, 3.05) is 4.90 Å². The molecule has 0 radical (unpaired) electrons. The van der Waals surface area contributed by atoms with Crippen molar-refractivity contribution in [1.29, 1.82) is 0 Å². The van der Waals surface area contributed by atoms with E-state index >= 15 is 0 Å². The maximum atomic E-state index is 6.44. The topological polar surface area (TPSA) is 20.8 Å². The van der Waals surface area contributed by atoms with Crippen molar-refractivity contribution in [3.8, 4) is 22.3 Å². The largest absolute Gasteiger partial charge is 0.456 e. The lowest BCUT2D eigenvalue weighted by Crippen LogP contribution is -2.28. The van der Waals surface area contributed by atoms with Crippen LogP contribution in [0.3, 0.4) is 0 Å². The highest BCUT2D eigenvalue weighted by molar-refractivity contribution is 6.23. The standard InChI is InChI=1S/C57H40N2O/c1-57(2)50-32-38(37-22-30-53-49(31-37)48-16-10-15-47-44-13-6-8-17-52(44)59(53)56(47)48)21-27-42(50)43-28-25-40(33-51(43)57)58(39-23-19-36(20-24-39)35-11-4-3-5-12-35)41-26-29-46-45-14-7-9-18-54(45)60-55(46)34-41/h3-34,43,51H,1-2H3. The van der Waals surface area contributed by atoms with Crippen molar-refractivity contribution in [2.45, 2.75) is 25.2 Å². The lowest BCUT2D eigenvalue weighted by Gasteiger charge is -2.34. The van der Waals surface area contributed by atoms with Crippen molar-refractivity contribution >= 4 is 71.4 Å². The molecular weight excluding hydrogens is 729 g/mol. The normalized spacial score (nSPS) is 17.0. The summed E-state index contributed by atoms with van der Waals surface area (Å²) in [6.45, 7) is 4.88. The van der Waals surface area contributed by atoms with Gasteiger partial charge in [-0.25, -0.2) is 0 Å². The van der Waals surface area contributed by atoms with Crippen molar-refractivity contribution in [2.24, 2.45) is 5.92 Å². The van der Waals surface area contributed by atoms with Gasteiger partial charge in [-0.3, -0.25) is 0 Å². The van der Waals surface area contributed by atoms with Crippen LogP contribution in [0.4, 0.5) is 11.4 Å². The highest BCUT2D eigenvalue weighted by atomic mass is 16.3. The Hall–Kier alpha value is -7.36. The summed E-state index contributed by atoms with van der Waals surface area (Å²) in [5.41, 5.74) is 16.7. The number of benzene rings is 8. The first kappa shape index (κ1) is 33.6. The van der Waals surface area contributed by atoms with Gasteiger partial charge in [0.2, 0.25) is 0 Å². The van der Waals surface area contributed by atoms with Crippen molar-refractivity contribution < 1.29 is 4.42 Å². The zero-order valence-electron chi connectivity index (χ0n) is 33.4. The Balaban J connectivity index is 0.901. The fraction of sp³-hybridized carbons (Fsp3) is 0.0877. The molecule has 0 amide bonds. The third-order valence-corrected chi connectivity index (χ3v) is 13.8. The molecule has 2 aliphatic rings. The minimum Gasteiger partial charge on any atom is -0.456 e. The molecule has 3 nitrogen and oxygen atoms in total. The van der Waals surface area contributed by atoms with Crippen molar-refractivity contribution in [1.82, 2.24) is 4.40 Å². The molecule has 3 aromatic heterocycles. The number of hydrogen-bond acceptors (Lipinski definition) is 2. The van der Waals surface area contributed by atoms with Crippen LogP contribution in [-0.2, 0) is 5.41 Å². The first-order valence-corrected chi connectivity index (χ1v) is 21.1. The van der Waals surface area contributed by atoms with Gasteiger partial charge in [0.05, 0.1) is 16.6 Å². The SMILES string of the molecule is CC1(C)c2cc(-c3ccc4c(c3)c3cccc5c6ccccc6n4c53)ccc2C2C=CC(N(c3ccc(-c4ccccc4)cc3)c3ccc4c(c3)oc3ccccc34)=CC21. The summed E-state index contributed by atoms with van der Waals surface area (Å²) in [5, 5.41) is 7.53. The number of rotatable bonds is 5. The fourth-order valence-corrected chi connectivity index (χ4v) is 10.9. The van der Waals surface area contributed by atoms with E-state index in [1.54, 1.807) is 0 Å². The summed E-state index contributed by atoms with van der Waals surface area (Å²) in [6, 6.07) is 64.4. The van der Waals surface area contributed by atoms with E-state index in [9.17, 15) is 0 Å². The van der Waals surface area contributed by atoms with E-state index in [0.29, 0.717) is 5.92 Å². The van der Waals surface area contributed by atoms with Crippen LogP contribution >= 0.6 is 0 Å². The fourth-order valence-electron chi connectivity index (χ4n) is 10.9. The molecule has 2 atom stereocenters. The second-order valence-electron chi connectivity index (χ2n) is 17.3. The Kier molecular flexibility index (Phi) is 6.90. The van der Waals surface area contributed by atoms with E-state index in [2.05, 4.69) is 211 Å². The number of hydrogen-bond donors (Lipinski definition) is 0. The third kappa shape index (κ3) is 4.72. The molecule has 0 aliphatic heterocycles. The number of allylic oxidation sites excluding steroid dienone is 3. The molecule has 0 N–H and O–H groups in total. The summed E-state index contributed by atoms with van der Waals surface area (Å²) in [5.74, 6) is 0.574. The Morgan fingerprint density at radius 1 is 0.500 bits per heavy atom. The number of para-hydroxylation sites is 3. The number of anilines is 2. The molecule has 3 heterocycles. The van der Waals surface area contributed by atoms with E-state index in [4.69, 9.17) is 4.42 Å². The van der Waals surface area contributed by atoms with Gasteiger partial charge in [-0.1, -0.05) is 147 Å². The van der Waals surface area contributed by atoms with Gasteiger partial charge in [0.1, 0.15) is 11.2 Å². The molecule has 284 valence electrons. The molecule has 3 heteroatoms. The van der Waals surface area contributed by atoms with Crippen LogP contribution in [-0.4, -0.2) is 4.40 Å². The Morgan fingerprint density at radius 2 is 1.15 bits per heavy atom. The predicted octanol–water partition coefficient (Wildman–Crippen LogP) is 15.4. The molecule has 13 rings (SSSR count). The highest BCUT2D eigenvalue weighted by Crippen LogP contribution is 2.55. The first-order chi connectivity index (χ1) is 29.5. The van der Waals surface area contributed by atoms with E-state index in [1.807, 2.05) is 6.07 Å². The minimum atomic E-state index is -0.100. The first-order valence-electron chi connectivity index (χ1n) is 21.1. The van der Waals surface area contributed by atoms with Gasteiger partial charge < -0.3 is 13.7 Å². The molecule has 0 saturated heterocycles. The maximum Gasteiger partial charge on any atom is 0.137 e. The Bertz CT molecular complexity index is 3580. The predicted molar refractivity (Wildman–Crippen MR) is 251 cm³/mol. The average Bonchev–Trinajstić information content (AvgIpc) is 4.01. The van der Waals surface area contributed by atoms with Crippen LogP contribution in [0.1, 0.15) is 30.9 Å². The molecular formula is C57H40N2O. The molecule has 2 aliphatic carbocycles. The van der Waals surface area contributed by atoms with Gasteiger partial charge in [0.15, 0.2) is 0 Å². The van der Waals surface area contributed by atoms with Crippen LogP contribution in [0.2, 0.25) is 0 Å². The Labute approximate surface area is 348 Å². The van der Waals surface area contributed by atoms with Gasteiger partial charge in [-0.15, -0.1) is 0 Å². The molecule has 2 unspecified atom stereocenters. The second-order valence-corrected chi connectivity index (χ2v) is 17.3. The summed E-state index contributed by atoms with van der Waals surface area (Å²) < 4.78 is 8.90. The van der Waals surface area contributed by atoms with Crippen LogP contribution in [0.5, 0.6) is 0 Å². The highest BCUT2D eigenvalue weighted by Gasteiger charge is 2.45. The average molecular weight is 769 g/mol. The lowest BCUT2D eigenvalue weighted by atomic mass is 9.73. The Morgan fingerprint density at radius 3 is 2.02 bits per heavy atom. The van der Waals surface area contributed by atoms with E-state index in [1.165, 1.54) is 77.2 Å². The number of nitrogens with zero attached hydrogens (tertiary/aromatic N) is 2. The molecule has 0 bridgehead atoms. The van der Waals surface area contributed by atoms with E-state index < -0.39 is 0 Å². The van der Waals surface area contributed by atoms with Crippen LogP contribution in [0.15, 0.2) is 204 Å². The number of fused-ring (bicyclic) bond motifs is 12. The van der Waals surface area contributed by atoms with E-state index in [0.717, 1.165) is 33.3 Å². The van der Waals surface area contributed by atoms with Crippen molar-refractivity contribution in [3.63, 3.8) is 0 Å². The van der Waals surface area contributed by atoms with Gasteiger partial charge in [-0.2, -0.15) is 0 Å². The summed E-state index contributed by atoms with van der Waals surface area (Å²) in [4.78, 5) is 2.41. The molecule has 8 aromatic carbocycles. The van der Waals surface area contributed by atoms with Crippen LogP contribution in [0.25, 0.3) is 82.3 Å². The minimum absolute atomic E-state index is 0.100. The number of aromatic nitrogens is 1. The number of furan rings is 1. The third-order valence-electron chi connectivity index (χ3n) is 13.8. The van der Waals surface area contributed by atoms with Gasteiger partial charge >= 0.3 is 0 Å². The van der Waals surface area contributed by atoms with Gasteiger partial charge in [0, 0.05) is 61.4 Å². The zero-order chi connectivity index (χ0) is 39.7. The molecule has 0 fully saturated rings. The zero-order valence-corrected chi connectivity index (χ0v) is 33.4. The van der Waals surface area contributed by atoms with E-state index in [-0.39, 0.29) is 11.3 Å². The lowest BCUT2D eigenvalue weighted by molar-refractivity contribution is 0.392. The quantitative estimate of drug-likeness (QED) is 0.174. The molecule has 11 aromatic rings. The smallest absolute Gasteiger partial charge is 0.137 e. The maximum absolute atomic E-state index is 6.44. The summed E-state index contributed by atoms with van der Waals surface area (Å²) >= 11 is 0. The second kappa shape index (κ2) is 12.3.